The van der Waals surface area contributed by atoms with Crippen LogP contribution in [0, 0.1) is 11.8 Å². The summed E-state index contributed by atoms with van der Waals surface area (Å²) in [5.74, 6) is 0.0420. The van der Waals surface area contributed by atoms with Crippen molar-refractivity contribution in [3.05, 3.63) is 23.8 Å². The molecule has 33 heavy (non-hydrogen) atoms. The number of fused-ring (bicyclic) bond motifs is 1. The van der Waals surface area contributed by atoms with Gasteiger partial charge in [0, 0.05) is 37.2 Å². The average Bonchev–Trinajstić information content (AvgIpc) is 3.61. The highest BCUT2D eigenvalue weighted by molar-refractivity contribution is 6.00. The Balaban J connectivity index is 1.89. The Labute approximate surface area is 195 Å². The van der Waals surface area contributed by atoms with Crippen LogP contribution >= 0.6 is 0 Å². The number of aliphatic hydroxyl groups is 1. The number of carbonyl (C=O) groups excluding carboxylic acids is 3. The van der Waals surface area contributed by atoms with Crippen LogP contribution in [-0.4, -0.2) is 77.7 Å². The molecule has 9 heteroatoms. The van der Waals surface area contributed by atoms with Crippen molar-refractivity contribution in [2.45, 2.75) is 58.7 Å². The molecule has 1 aliphatic carbocycles. The van der Waals surface area contributed by atoms with Crippen LogP contribution < -0.4 is 15.4 Å². The van der Waals surface area contributed by atoms with E-state index in [9.17, 15) is 19.5 Å². The second kappa shape index (κ2) is 10.4. The highest BCUT2D eigenvalue weighted by Crippen LogP contribution is 2.33. The first-order valence-electron chi connectivity index (χ1n) is 11.7. The van der Waals surface area contributed by atoms with E-state index in [-0.39, 0.29) is 48.4 Å². The Morgan fingerprint density at radius 1 is 1.27 bits per heavy atom. The molecule has 1 aliphatic heterocycles. The van der Waals surface area contributed by atoms with Gasteiger partial charge in [0.15, 0.2) is 0 Å². The zero-order chi connectivity index (χ0) is 24.3. The monoisotopic (exact) mass is 460 g/mol. The molecule has 3 N–H and O–H groups in total. The maximum atomic E-state index is 13.4. The first kappa shape index (κ1) is 24.8. The molecule has 182 valence electrons. The molecule has 1 saturated carbocycles. The third-order valence-corrected chi connectivity index (χ3v) is 6.09. The second-order valence-corrected chi connectivity index (χ2v) is 9.58. The molecule has 0 radical (unpaired) electrons. The fraction of sp³-hybridized carbons (Fsp3) is 0.625. The van der Waals surface area contributed by atoms with Crippen LogP contribution in [-0.2, 0) is 4.79 Å². The first-order chi connectivity index (χ1) is 15.6. The topological polar surface area (TPSA) is 111 Å². The Kier molecular flexibility index (Phi) is 7.84. The van der Waals surface area contributed by atoms with E-state index in [2.05, 4.69) is 10.6 Å². The van der Waals surface area contributed by atoms with E-state index in [1.807, 2.05) is 20.8 Å². The molecule has 2 aliphatic rings. The van der Waals surface area contributed by atoms with Gasteiger partial charge >= 0.3 is 6.03 Å². The van der Waals surface area contributed by atoms with Crippen molar-refractivity contribution in [1.29, 1.82) is 0 Å². The molecule has 3 rings (SSSR count). The molecule has 0 saturated heterocycles. The molecule has 0 aromatic heterocycles. The molecular formula is C24H36N4O5. The van der Waals surface area contributed by atoms with Gasteiger partial charge < -0.3 is 30.3 Å². The summed E-state index contributed by atoms with van der Waals surface area (Å²) >= 11 is 0. The van der Waals surface area contributed by atoms with E-state index in [1.165, 1.54) is 0 Å². The Morgan fingerprint density at radius 2 is 1.97 bits per heavy atom. The summed E-state index contributed by atoms with van der Waals surface area (Å²) in [6.07, 6.45) is 1.40. The molecule has 4 amide bonds. The fourth-order valence-electron chi connectivity index (χ4n) is 3.82. The largest absolute Gasteiger partial charge is 0.487 e. The molecular weight excluding hydrogens is 424 g/mol. The number of urea groups is 1. The van der Waals surface area contributed by atoms with Crippen molar-refractivity contribution >= 4 is 23.5 Å². The predicted molar refractivity (Wildman–Crippen MR) is 125 cm³/mol. The van der Waals surface area contributed by atoms with Gasteiger partial charge in [-0.25, -0.2) is 4.79 Å². The van der Waals surface area contributed by atoms with Crippen molar-refractivity contribution in [3.8, 4) is 5.75 Å². The van der Waals surface area contributed by atoms with E-state index < -0.39 is 6.04 Å². The third-order valence-electron chi connectivity index (χ3n) is 6.09. The van der Waals surface area contributed by atoms with Crippen molar-refractivity contribution in [2.75, 3.05) is 32.1 Å². The number of likely N-dealkylation sites (N-methyl/N-ethyl adjacent to an activating group) is 1. The minimum atomic E-state index is -0.391. The lowest BCUT2D eigenvalue weighted by Crippen LogP contribution is -2.51. The van der Waals surface area contributed by atoms with Gasteiger partial charge in [-0.2, -0.15) is 0 Å². The Morgan fingerprint density at radius 3 is 2.58 bits per heavy atom. The maximum Gasteiger partial charge on any atom is 0.317 e. The third kappa shape index (κ3) is 6.16. The number of aliphatic hydroxyl groups excluding tert-OH is 1. The van der Waals surface area contributed by atoms with E-state index in [0.717, 1.165) is 12.8 Å². The van der Waals surface area contributed by atoms with Crippen LogP contribution in [0.25, 0.3) is 0 Å². The van der Waals surface area contributed by atoms with Crippen molar-refractivity contribution in [3.63, 3.8) is 0 Å². The number of ether oxygens (including phenoxy) is 1. The molecule has 0 bridgehead atoms. The Hall–Kier alpha value is -2.81. The summed E-state index contributed by atoms with van der Waals surface area (Å²) < 4.78 is 6.28. The molecule has 1 aromatic rings. The number of nitrogens with zero attached hydrogens (tertiary/aromatic N) is 2. The molecule has 3 atom stereocenters. The van der Waals surface area contributed by atoms with Gasteiger partial charge in [-0.3, -0.25) is 9.59 Å². The van der Waals surface area contributed by atoms with E-state index in [0.29, 0.717) is 30.1 Å². The quantitative estimate of drug-likeness (QED) is 0.578. The predicted octanol–water partition coefficient (Wildman–Crippen LogP) is 2.30. The molecule has 0 unspecified atom stereocenters. The SMILES string of the molecule is CC(C)NC(=O)N(C)C[C@H]1Oc2ccc(NC(=O)C3CC3)cc2C(=O)N([C@@H](C)CO)C[C@H]1C. The summed E-state index contributed by atoms with van der Waals surface area (Å²) in [6, 6.07) is 4.48. The highest BCUT2D eigenvalue weighted by atomic mass is 16.5. The Bertz CT molecular complexity index is 886. The number of hydrogen-bond donors (Lipinski definition) is 3. The molecule has 1 heterocycles. The van der Waals surface area contributed by atoms with Gasteiger partial charge in [0.2, 0.25) is 5.91 Å². The second-order valence-electron chi connectivity index (χ2n) is 9.58. The number of rotatable bonds is 7. The normalized spacial score (nSPS) is 21.4. The first-order valence-corrected chi connectivity index (χ1v) is 11.7. The number of benzene rings is 1. The van der Waals surface area contributed by atoms with Gasteiger partial charge in [-0.15, -0.1) is 0 Å². The van der Waals surface area contributed by atoms with Gasteiger partial charge in [-0.1, -0.05) is 6.92 Å². The zero-order valence-corrected chi connectivity index (χ0v) is 20.1. The lowest BCUT2D eigenvalue weighted by molar-refractivity contribution is -0.117. The van der Waals surface area contributed by atoms with Crippen LogP contribution in [0.3, 0.4) is 0 Å². The number of anilines is 1. The minimum absolute atomic E-state index is 0.0131. The van der Waals surface area contributed by atoms with Crippen LogP contribution in [0.15, 0.2) is 18.2 Å². The van der Waals surface area contributed by atoms with Gasteiger partial charge in [0.05, 0.1) is 24.8 Å². The summed E-state index contributed by atoms with van der Waals surface area (Å²) in [6.45, 7) is 8.08. The van der Waals surface area contributed by atoms with Gasteiger partial charge in [0.25, 0.3) is 5.91 Å². The number of amides is 4. The summed E-state index contributed by atoms with van der Waals surface area (Å²) in [5.41, 5.74) is 0.868. The van der Waals surface area contributed by atoms with Crippen LogP contribution in [0.4, 0.5) is 10.5 Å². The summed E-state index contributed by atoms with van der Waals surface area (Å²) in [7, 11) is 1.71. The average molecular weight is 461 g/mol. The van der Waals surface area contributed by atoms with E-state index in [1.54, 1.807) is 42.0 Å². The van der Waals surface area contributed by atoms with Crippen molar-refractivity contribution < 1.29 is 24.2 Å². The molecule has 9 nitrogen and oxygen atoms in total. The lowest BCUT2D eigenvalue weighted by Gasteiger charge is -2.38. The number of hydrogen-bond acceptors (Lipinski definition) is 5. The maximum absolute atomic E-state index is 13.4. The van der Waals surface area contributed by atoms with Crippen LogP contribution in [0.2, 0.25) is 0 Å². The summed E-state index contributed by atoms with van der Waals surface area (Å²) in [5, 5.41) is 15.5. The van der Waals surface area contributed by atoms with Gasteiger partial charge in [0.1, 0.15) is 11.9 Å². The van der Waals surface area contributed by atoms with Crippen molar-refractivity contribution in [1.82, 2.24) is 15.1 Å². The minimum Gasteiger partial charge on any atom is -0.487 e. The van der Waals surface area contributed by atoms with E-state index >= 15 is 0 Å². The van der Waals surface area contributed by atoms with E-state index in [4.69, 9.17) is 4.74 Å². The molecule has 1 fully saturated rings. The fourth-order valence-corrected chi connectivity index (χ4v) is 3.82. The zero-order valence-electron chi connectivity index (χ0n) is 20.1. The van der Waals surface area contributed by atoms with Gasteiger partial charge in [-0.05, 0) is 51.8 Å². The molecule has 0 spiro atoms. The van der Waals surface area contributed by atoms with Crippen molar-refractivity contribution in [2.24, 2.45) is 11.8 Å². The smallest absolute Gasteiger partial charge is 0.317 e. The summed E-state index contributed by atoms with van der Waals surface area (Å²) in [4.78, 5) is 41.3. The number of nitrogens with one attached hydrogen (secondary N) is 2. The number of carbonyl (C=O) groups is 3. The van der Waals surface area contributed by atoms with Crippen LogP contribution in [0.5, 0.6) is 5.75 Å². The molecule has 1 aromatic carbocycles. The van der Waals surface area contributed by atoms with Crippen LogP contribution in [0.1, 0.15) is 50.9 Å². The standard InChI is InChI=1S/C24H36N4O5/c1-14(2)25-24(32)27(5)12-21-15(3)11-28(16(4)13-29)23(31)19-10-18(8-9-20(19)33-21)26-22(30)17-6-7-17/h8-10,14-17,21,29H,6-7,11-13H2,1-5H3,(H,25,32)(H,26,30)/t15-,16+,21-/m1/s1. The highest BCUT2D eigenvalue weighted by Gasteiger charge is 2.35. The lowest BCUT2D eigenvalue weighted by atomic mass is 9.99.